The van der Waals surface area contributed by atoms with Crippen molar-refractivity contribution in [2.45, 2.75) is 11.7 Å². The molecule has 0 spiro atoms. The molecule has 0 radical (unpaired) electrons. The molecular formula is C16H12N4O6S. The van der Waals surface area contributed by atoms with Crippen molar-refractivity contribution in [3.8, 4) is 11.3 Å². The van der Waals surface area contributed by atoms with Crippen molar-refractivity contribution >= 4 is 40.7 Å². The van der Waals surface area contributed by atoms with Crippen molar-refractivity contribution in [3.63, 3.8) is 0 Å². The second-order valence-electron chi connectivity index (χ2n) is 5.35. The van der Waals surface area contributed by atoms with E-state index in [-0.39, 0.29) is 17.3 Å². The SMILES string of the molecule is O=C(O)C[C@H]1SC(=N/N=C\c2ccc(-c3cccc([N+](=O)[O-])c3)o2)NC1=O. The summed E-state index contributed by atoms with van der Waals surface area (Å²) in [4.78, 5) is 32.6. The molecule has 2 aromatic rings. The Morgan fingerprint density at radius 1 is 1.41 bits per heavy atom. The summed E-state index contributed by atoms with van der Waals surface area (Å²) in [7, 11) is 0. The van der Waals surface area contributed by atoms with E-state index in [2.05, 4.69) is 15.5 Å². The summed E-state index contributed by atoms with van der Waals surface area (Å²) in [6.45, 7) is 0. The molecule has 10 nitrogen and oxygen atoms in total. The normalized spacial score (nSPS) is 18.1. The lowest BCUT2D eigenvalue weighted by molar-refractivity contribution is -0.384. The lowest BCUT2D eigenvalue weighted by atomic mass is 10.1. The fourth-order valence-corrected chi connectivity index (χ4v) is 3.15. The first kappa shape index (κ1) is 18.3. The van der Waals surface area contributed by atoms with Gasteiger partial charge in [-0.15, -0.1) is 5.10 Å². The number of thioether (sulfide) groups is 1. The van der Waals surface area contributed by atoms with Gasteiger partial charge >= 0.3 is 5.97 Å². The summed E-state index contributed by atoms with van der Waals surface area (Å²) in [5.41, 5.74) is 0.501. The third-order valence-electron chi connectivity index (χ3n) is 3.44. The Balaban J connectivity index is 1.68. The fourth-order valence-electron chi connectivity index (χ4n) is 2.23. The molecule has 2 N–H and O–H groups in total. The summed E-state index contributed by atoms with van der Waals surface area (Å²) in [6.07, 6.45) is 1.01. The minimum absolute atomic E-state index is 0.0459. The predicted molar refractivity (Wildman–Crippen MR) is 97.6 cm³/mol. The summed E-state index contributed by atoms with van der Waals surface area (Å²) in [5, 5.41) is 29.1. The highest BCUT2D eigenvalue weighted by Gasteiger charge is 2.32. The molecule has 138 valence electrons. The number of rotatable bonds is 6. The van der Waals surface area contributed by atoms with Gasteiger partial charge in [0, 0.05) is 17.7 Å². The number of nitro groups is 1. The second-order valence-corrected chi connectivity index (χ2v) is 6.54. The maximum atomic E-state index is 11.6. The minimum atomic E-state index is -1.07. The van der Waals surface area contributed by atoms with Crippen LogP contribution in [0.4, 0.5) is 5.69 Å². The molecule has 1 aromatic heterocycles. The smallest absolute Gasteiger partial charge is 0.305 e. The van der Waals surface area contributed by atoms with Gasteiger partial charge in [0.15, 0.2) is 5.17 Å². The van der Waals surface area contributed by atoms with Crippen LogP contribution < -0.4 is 5.32 Å². The number of amides is 1. The third kappa shape index (κ3) is 4.58. The maximum Gasteiger partial charge on any atom is 0.305 e. The van der Waals surface area contributed by atoms with Gasteiger partial charge in [-0.2, -0.15) is 5.10 Å². The van der Waals surface area contributed by atoms with Crippen molar-refractivity contribution < 1.29 is 24.0 Å². The van der Waals surface area contributed by atoms with Crippen LogP contribution in [0.15, 0.2) is 51.0 Å². The number of benzene rings is 1. The zero-order chi connectivity index (χ0) is 19.4. The molecule has 2 heterocycles. The summed E-state index contributed by atoms with van der Waals surface area (Å²) in [5.74, 6) is -0.714. The molecule has 1 aliphatic heterocycles. The predicted octanol–water partition coefficient (Wildman–Crippen LogP) is 2.25. The van der Waals surface area contributed by atoms with Gasteiger partial charge in [-0.05, 0) is 12.1 Å². The number of hydrogen-bond acceptors (Lipinski definition) is 8. The number of nitro benzene ring substituents is 1. The van der Waals surface area contributed by atoms with Gasteiger partial charge < -0.3 is 14.8 Å². The van der Waals surface area contributed by atoms with E-state index in [1.807, 2.05) is 0 Å². The van der Waals surface area contributed by atoms with Gasteiger partial charge in [0.1, 0.15) is 16.8 Å². The molecule has 0 saturated carbocycles. The summed E-state index contributed by atoms with van der Waals surface area (Å²) >= 11 is 0.989. The summed E-state index contributed by atoms with van der Waals surface area (Å²) in [6, 6.07) is 9.28. The molecule has 27 heavy (non-hydrogen) atoms. The number of carboxylic acids is 1. The van der Waals surface area contributed by atoms with Crippen molar-refractivity contribution in [1.29, 1.82) is 0 Å². The molecule has 1 fully saturated rings. The average Bonchev–Trinajstić information content (AvgIpc) is 3.22. The Kier molecular flexibility index (Phi) is 5.31. The van der Waals surface area contributed by atoms with E-state index in [0.717, 1.165) is 11.8 Å². The Hall–Kier alpha value is -3.47. The van der Waals surface area contributed by atoms with Crippen LogP contribution in [0, 0.1) is 10.1 Å². The lowest BCUT2D eigenvalue weighted by Crippen LogP contribution is -2.26. The molecule has 1 aliphatic rings. The number of furan rings is 1. The number of non-ortho nitro benzene ring substituents is 1. The van der Waals surface area contributed by atoms with Gasteiger partial charge in [-0.1, -0.05) is 23.9 Å². The van der Waals surface area contributed by atoms with Gasteiger partial charge in [0.05, 0.1) is 17.6 Å². The molecule has 1 aromatic carbocycles. The van der Waals surface area contributed by atoms with Crippen LogP contribution in [-0.4, -0.2) is 38.5 Å². The largest absolute Gasteiger partial charge is 0.481 e. The average molecular weight is 388 g/mol. The highest BCUT2D eigenvalue weighted by Crippen LogP contribution is 2.25. The van der Waals surface area contributed by atoms with Crippen LogP contribution in [0.25, 0.3) is 11.3 Å². The molecule has 3 rings (SSSR count). The first-order valence-corrected chi connectivity index (χ1v) is 8.45. The Morgan fingerprint density at radius 3 is 2.96 bits per heavy atom. The van der Waals surface area contributed by atoms with Crippen LogP contribution >= 0.6 is 11.8 Å². The zero-order valence-electron chi connectivity index (χ0n) is 13.6. The number of carbonyl (C=O) groups excluding carboxylic acids is 1. The molecule has 1 atom stereocenters. The van der Waals surface area contributed by atoms with E-state index >= 15 is 0 Å². The first-order chi connectivity index (χ1) is 12.9. The van der Waals surface area contributed by atoms with E-state index in [1.165, 1.54) is 18.3 Å². The van der Waals surface area contributed by atoms with Crippen LogP contribution in [0.2, 0.25) is 0 Å². The summed E-state index contributed by atoms with van der Waals surface area (Å²) < 4.78 is 5.55. The highest BCUT2D eigenvalue weighted by atomic mass is 32.2. The Labute approximate surface area is 156 Å². The zero-order valence-corrected chi connectivity index (χ0v) is 14.4. The fraction of sp³-hybridized carbons (Fsp3) is 0.125. The number of nitrogens with one attached hydrogen (secondary N) is 1. The topological polar surface area (TPSA) is 147 Å². The lowest BCUT2D eigenvalue weighted by Gasteiger charge is -1.97. The monoisotopic (exact) mass is 388 g/mol. The Bertz CT molecular complexity index is 967. The number of amidine groups is 1. The molecule has 0 aliphatic carbocycles. The molecule has 11 heteroatoms. The molecule has 1 saturated heterocycles. The number of carbonyl (C=O) groups is 2. The van der Waals surface area contributed by atoms with Gasteiger partial charge in [-0.3, -0.25) is 19.7 Å². The molecular weight excluding hydrogens is 376 g/mol. The Morgan fingerprint density at radius 2 is 2.22 bits per heavy atom. The van der Waals surface area contributed by atoms with Crippen molar-refractivity contribution in [3.05, 3.63) is 52.3 Å². The maximum absolute atomic E-state index is 11.6. The van der Waals surface area contributed by atoms with Crippen molar-refractivity contribution in [1.82, 2.24) is 5.32 Å². The molecule has 0 unspecified atom stereocenters. The van der Waals surface area contributed by atoms with E-state index in [0.29, 0.717) is 17.1 Å². The van der Waals surface area contributed by atoms with Crippen LogP contribution in [-0.2, 0) is 9.59 Å². The number of carboxylic acid groups (broad SMARTS) is 1. The quantitative estimate of drug-likeness (QED) is 0.438. The van der Waals surface area contributed by atoms with Crippen molar-refractivity contribution in [2.24, 2.45) is 10.2 Å². The van der Waals surface area contributed by atoms with Gasteiger partial charge in [0.25, 0.3) is 5.69 Å². The van der Waals surface area contributed by atoms with E-state index in [4.69, 9.17) is 9.52 Å². The molecule has 1 amide bonds. The van der Waals surface area contributed by atoms with Gasteiger partial charge in [0.2, 0.25) is 5.91 Å². The van der Waals surface area contributed by atoms with Crippen LogP contribution in [0.3, 0.4) is 0 Å². The highest BCUT2D eigenvalue weighted by molar-refractivity contribution is 8.15. The number of nitrogens with zero attached hydrogens (tertiary/aromatic N) is 3. The van der Waals surface area contributed by atoms with E-state index in [9.17, 15) is 19.7 Å². The second kappa shape index (κ2) is 7.83. The number of hydrogen-bond donors (Lipinski definition) is 2. The van der Waals surface area contributed by atoms with E-state index in [1.54, 1.807) is 24.3 Å². The third-order valence-corrected chi connectivity index (χ3v) is 4.51. The van der Waals surface area contributed by atoms with Crippen molar-refractivity contribution in [2.75, 3.05) is 0 Å². The van der Waals surface area contributed by atoms with Gasteiger partial charge in [-0.25, -0.2) is 0 Å². The number of aliphatic carboxylic acids is 1. The first-order valence-electron chi connectivity index (χ1n) is 7.57. The van der Waals surface area contributed by atoms with Crippen LogP contribution in [0.5, 0.6) is 0 Å². The standard InChI is InChI=1S/C16H12N4O6S/c21-14(22)7-13-15(23)18-16(27-13)19-17-8-11-4-5-12(26-11)9-2-1-3-10(6-9)20(24)25/h1-6,8,13H,7H2,(H,21,22)(H,18,19,23)/b17-8-/t13-/m1/s1. The van der Waals surface area contributed by atoms with E-state index < -0.39 is 22.0 Å². The molecule has 0 bridgehead atoms. The minimum Gasteiger partial charge on any atom is -0.481 e. The van der Waals surface area contributed by atoms with Crippen LogP contribution in [0.1, 0.15) is 12.2 Å².